The maximum absolute atomic E-state index is 11.8. The van der Waals surface area contributed by atoms with Gasteiger partial charge in [0.2, 0.25) is 11.8 Å². The molecule has 19 heavy (non-hydrogen) atoms. The molecule has 0 saturated carbocycles. The summed E-state index contributed by atoms with van der Waals surface area (Å²) in [5, 5.41) is 3.02. The van der Waals surface area contributed by atoms with Gasteiger partial charge >= 0.3 is 0 Å². The number of nitrogens with zero attached hydrogens (tertiary/aromatic N) is 1. The summed E-state index contributed by atoms with van der Waals surface area (Å²) >= 11 is 0. The van der Waals surface area contributed by atoms with Crippen LogP contribution in [0.4, 0.5) is 0 Å². The SMILES string of the molecule is CCC(N)CC(=O)NC1CCN(C(=O)C(C)C)CC1. The van der Waals surface area contributed by atoms with E-state index in [9.17, 15) is 9.59 Å². The fraction of sp³-hybridized carbons (Fsp3) is 0.857. The number of carbonyl (C=O) groups is 2. The van der Waals surface area contributed by atoms with E-state index < -0.39 is 0 Å². The molecule has 1 unspecified atom stereocenters. The zero-order chi connectivity index (χ0) is 14.4. The fourth-order valence-corrected chi connectivity index (χ4v) is 2.28. The van der Waals surface area contributed by atoms with Crippen LogP contribution in [0.2, 0.25) is 0 Å². The first kappa shape index (κ1) is 16.0. The van der Waals surface area contributed by atoms with Crippen LogP contribution in [-0.4, -0.2) is 41.9 Å². The number of nitrogens with one attached hydrogen (secondary N) is 1. The smallest absolute Gasteiger partial charge is 0.225 e. The average Bonchev–Trinajstić information content (AvgIpc) is 2.38. The van der Waals surface area contributed by atoms with Crippen molar-refractivity contribution in [2.24, 2.45) is 11.7 Å². The van der Waals surface area contributed by atoms with E-state index in [0.717, 1.165) is 32.4 Å². The molecule has 0 spiro atoms. The number of rotatable bonds is 5. The largest absolute Gasteiger partial charge is 0.353 e. The normalized spacial score (nSPS) is 18.5. The number of nitrogens with two attached hydrogens (primary N) is 1. The Bertz CT molecular complexity index is 310. The van der Waals surface area contributed by atoms with Gasteiger partial charge in [0, 0.05) is 37.5 Å². The molecule has 0 aliphatic carbocycles. The van der Waals surface area contributed by atoms with Crippen molar-refractivity contribution in [1.29, 1.82) is 0 Å². The van der Waals surface area contributed by atoms with E-state index in [1.54, 1.807) is 0 Å². The average molecular weight is 269 g/mol. The second-order valence-electron chi connectivity index (χ2n) is 5.69. The first-order chi connectivity index (χ1) is 8.93. The molecule has 1 aliphatic rings. The molecule has 1 atom stereocenters. The number of likely N-dealkylation sites (tertiary alicyclic amines) is 1. The van der Waals surface area contributed by atoms with Gasteiger partial charge in [-0.2, -0.15) is 0 Å². The molecule has 5 heteroatoms. The number of hydrogen-bond acceptors (Lipinski definition) is 3. The number of hydrogen-bond donors (Lipinski definition) is 2. The summed E-state index contributed by atoms with van der Waals surface area (Å²) in [5.74, 6) is 0.287. The number of amides is 2. The summed E-state index contributed by atoms with van der Waals surface area (Å²) in [5.41, 5.74) is 5.76. The summed E-state index contributed by atoms with van der Waals surface area (Å²) in [4.78, 5) is 25.5. The molecule has 1 heterocycles. The van der Waals surface area contributed by atoms with Crippen molar-refractivity contribution in [1.82, 2.24) is 10.2 Å². The van der Waals surface area contributed by atoms with Gasteiger partial charge in [0.1, 0.15) is 0 Å². The Morgan fingerprint density at radius 1 is 1.32 bits per heavy atom. The topological polar surface area (TPSA) is 75.4 Å². The van der Waals surface area contributed by atoms with Crippen molar-refractivity contribution in [3.63, 3.8) is 0 Å². The predicted octanol–water partition coefficient (Wildman–Crippen LogP) is 0.877. The Balaban J connectivity index is 2.30. The summed E-state index contributed by atoms with van der Waals surface area (Å²) in [6, 6.07) is 0.135. The molecule has 110 valence electrons. The molecule has 1 fully saturated rings. The Morgan fingerprint density at radius 2 is 1.89 bits per heavy atom. The Labute approximate surface area is 115 Å². The predicted molar refractivity (Wildman–Crippen MR) is 75.5 cm³/mol. The van der Waals surface area contributed by atoms with Crippen LogP contribution in [0.3, 0.4) is 0 Å². The van der Waals surface area contributed by atoms with Crippen LogP contribution in [0.5, 0.6) is 0 Å². The molecule has 1 saturated heterocycles. The Kier molecular flexibility index (Phi) is 6.28. The lowest BCUT2D eigenvalue weighted by Gasteiger charge is -2.33. The highest BCUT2D eigenvalue weighted by Crippen LogP contribution is 2.13. The van der Waals surface area contributed by atoms with E-state index in [2.05, 4.69) is 5.32 Å². The highest BCUT2D eigenvalue weighted by Gasteiger charge is 2.25. The van der Waals surface area contributed by atoms with Crippen molar-refractivity contribution in [2.75, 3.05) is 13.1 Å². The maximum Gasteiger partial charge on any atom is 0.225 e. The zero-order valence-electron chi connectivity index (χ0n) is 12.3. The minimum absolute atomic E-state index is 0.0305. The van der Waals surface area contributed by atoms with Crippen molar-refractivity contribution >= 4 is 11.8 Å². The quantitative estimate of drug-likeness (QED) is 0.778. The molecule has 0 aromatic rings. The van der Waals surface area contributed by atoms with Crippen LogP contribution in [0.15, 0.2) is 0 Å². The van der Waals surface area contributed by atoms with Gasteiger partial charge in [0.15, 0.2) is 0 Å². The van der Waals surface area contributed by atoms with Gasteiger partial charge in [-0.15, -0.1) is 0 Å². The van der Waals surface area contributed by atoms with Crippen molar-refractivity contribution in [2.45, 2.75) is 58.5 Å². The molecule has 0 aromatic heterocycles. The van der Waals surface area contributed by atoms with E-state index in [1.165, 1.54) is 0 Å². The van der Waals surface area contributed by atoms with Crippen molar-refractivity contribution in [3.05, 3.63) is 0 Å². The monoisotopic (exact) mass is 269 g/mol. The first-order valence-electron chi connectivity index (χ1n) is 7.27. The van der Waals surface area contributed by atoms with E-state index in [1.807, 2.05) is 25.7 Å². The zero-order valence-corrected chi connectivity index (χ0v) is 12.3. The van der Waals surface area contributed by atoms with Gasteiger partial charge in [-0.1, -0.05) is 20.8 Å². The second-order valence-corrected chi connectivity index (χ2v) is 5.69. The summed E-state index contributed by atoms with van der Waals surface area (Å²) < 4.78 is 0. The molecule has 1 rings (SSSR count). The second kappa shape index (κ2) is 7.48. The molecule has 0 radical (unpaired) electrons. The van der Waals surface area contributed by atoms with Crippen LogP contribution in [0.1, 0.15) is 46.5 Å². The maximum atomic E-state index is 11.8. The van der Waals surface area contributed by atoms with Gasteiger partial charge < -0.3 is 16.0 Å². The first-order valence-corrected chi connectivity index (χ1v) is 7.27. The lowest BCUT2D eigenvalue weighted by molar-refractivity contribution is -0.135. The van der Waals surface area contributed by atoms with Crippen LogP contribution < -0.4 is 11.1 Å². The van der Waals surface area contributed by atoms with Gasteiger partial charge in [0.25, 0.3) is 0 Å². The van der Waals surface area contributed by atoms with Crippen LogP contribution in [-0.2, 0) is 9.59 Å². The van der Waals surface area contributed by atoms with Crippen LogP contribution in [0, 0.1) is 5.92 Å². The highest BCUT2D eigenvalue weighted by atomic mass is 16.2. The third kappa shape index (κ3) is 5.19. The van der Waals surface area contributed by atoms with E-state index >= 15 is 0 Å². The highest BCUT2D eigenvalue weighted by molar-refractivity contribution is 5.78. The van der Waals surface area contributed by atoms with Gasteiger partial charge in [-0.05, 0) is 19.3 Å². The Hall–Kier alpha value is -1.10. The molecule has 2 amide bonds. The third-order valence-corrected chi connectivity index (χ3v) is 3.64. The summed E-state index contributed by atoms with van der Waals surface area (Å²) in [6.45, 7) is 7.29. The molecule has 0 bridgehead atoms. The van der Waals surface area contributed by atoms with E-state index in [-0.39, 0.29) is 29.8 Å². The molecule has 1 aliphatic heterocycles. The summed E-state index contributed by atoms with van der Waals surface area (Å²) in [7, 11) is 0. The molecule has 0 aromatic carbocycles. The molecule has 5 nitrogen and oxygen atoms in total. The van der Waals surface area contributed by atoms with Crippen molar-refractivity contribution in [3.8, 4) is 0 Å². The Morgan fingerprint density at radius 3 is 2.37 bits per heavy atom. The van der Waals surface area contributed by atoms with E-state index in [4.69, 9.17) is 5.73 Å². The van der Waals surface area contributed by atoms with Gasteiger partial charge in [0.05, 0.1) is 0 Å². The van der Waals surface area contributed by atoms with Crippen LogP contribution >= 0.6 is 0 Å². The molecule has 3 N–H and O–H groups in total. The lowest BCUT2D eigenvalue weighted by Crippen LogP contribution is -2.48. The minimum Gasteiger partial charge on any atom is -0.353 e. The minimum atomic E-state index is -0.0531. The number of piperidine rings is 1. The van der Waals surface area contributed by atoms with Crippen molar-refractivity contribution < 1.29 is 9.59 Å². The standard InChI is InChI=1S/C14H27N3O2/c1-4-11(15)9-13(18)16-12-5-7-17(8-6-12)14(19)10(2)3/h10-12H,4-9,15H2,1-3H3,(H,16,18). The number of carbonyl (C=O) groups excluding carboxylic acids is 2. The summed E-state index contributed by atoms with van der Waals surface area (Å²) in [6.07, 6.45) is 2.88. The van der Waals surface area contributed by atoms with Gasteiger partial charge in [-0.25, -0.2) is 0 Å². The van der Waals surface area contributed by atoms with E-state index in [0.29, 0.717) is 6.42 Å². The lowest BCUT2D eigenvalue weighted by atomic mass is 10.0. The fourth-order valence-electron chi connectivity index (χ4n) is 2.28. The third-order valence-electron chi connectivity index (χ3n) is 3.64. The molecular formula is C14H27N3O2. The van der Waals surface area contributed by atoms with Crippen LogP contribution in [0.25, 0.3) is 0 Å². The van der Waals surface area contributed by atoms with Gasteiger partial charge in [-0.3, -0.25) is 9.59 Å². The molecular weight excluding hydrogens is 242 g/mol.